The van der Waals surface area contributed by atoms with Crippen molar-refractivity contribution >= 4 is 75.7 Å². The highest BCUT2D eigenvalue weighted by molar-refractivity contribution is 6.26. The summed E-state index contributed by atoms with van der Waals surface area (Å²) in [7, 11) is 0. The summed E-state index contributed by atoms with van der Waals surface area (Å²) in [6, 6.07) is 55.6. The topological polar surface area (TPSA) is 28.7 Å². The highest BCUT2D eigenvalue weighted by atomic mass is 14.9. The molecule has 10 aromatic carbocycles. The molecular weight excluding hydrogens is 569 g/mol. The molecule has 0 saturated carbocycles. The lowest BCUT2D eigenvalue weighted by Gasteiger charge is -2.14. The van der Waals surface area contributed by atoms with Crippen LogP contribution >= 0.6 is 0 Å². The second-order valence-electron chi connectivity index (χ2n) is 12.8. The molecule has 1 heterocycles. The molecule has 1 aromatic heterocycles. The van der Waals surface area contributed by atoms with Crippen LogP contribution in [0.2, 0.25) is 0 Å². The number of hydrogen-bond acceptors (Lipinski definition) is 1. The van der Waals surface area contributed by atoms with E-state index in [-0.39, 0.29) is 0 Å². The van der Waals surface area contributed by atoms with Crippen LogP contribution < -0.4 is 0 Å². The molecule has 0 aliphatic rings. The first-order valence-corrected chi connectivity index (χ1v) is 16.2. The van der Waals surface area contributed by atoms with Crippen LogP contribution in [0, 0.1) is 0 Å². The van der Waals surface area contributed by atoms with Gasteiger partial charge in [0, 0.05) is 5.56 Å². The molecule has 1 N–H and O–H groups in total. The molecule has 0 unspecified atom stereocenters. The van der Waals surface area contributed by atoms with Gasteiger partial charge in [-0.3, -0.25) is 0 Å². The fourth-order valence-electron chi connectivity index (χ4n) is 8.09. The molecular formula is C45H26N2. The standard InChI is InChI=1S/C45H26N2/c1-3-27-9-11-31-15-20-35(37-22-17-29(5-1)41(27)43(31)37)26-7-13-33(14-8-26)45-46-39-24-19-34(25-40(39)47-45)36-21-16-32-12-10-28-4-2-6-30-18-23-38(36)44(32)42(28)30/h1-25H,(H,46,47). The van der Waals surface area contributed by atoms with Gasteiger partial charge >= 0.3 is 0 Å². The van der Waals surface area contributed by atoms with Crippen molar-refractivity contribution in [2.75, 3.05) is 0 Å². The summed E-state index contributed by atoms with van der Waals surface area (Å²) in [5.41, 5.74) is 7.96. The number of hydrogen-bond donors (Lipinski definition) is 1. The number of benzene rings is 10. The first-order valence-electron chi connectivity index (χ1n) is 16.2. The maximum Gasteiger partial charge on any atom is 0.138 e. The first-order chi connectivity index (χ1) is 23.3. The van der Waals surface area contributed by atoms with Crippen molar-refractivity contribution in [1.82, 2.24) is 9.97 Å². The van der Waals surface area contributed by atoms with Gasteiger partial charge in [-0.15, -0.1) is 0 Å². The third-order valence-electron chi connectivity index (χ3n) is 10.3. The minimum absolute atomic E-state index is 0.884. The summed E-state index contributed by atoms with van der Waals surface area (Å²) in [6.45, 7) is 0. The summed E-state index contributed by atoms with van der Waals surface area (Å²) < 4.78 is 0. The number of aromatic amines is 1. The van der Waals surface area contributed by atoms with Gasteiger partial charge in [0.1, 0.15) is 5.82 Å². The molecule has 11 rings (SSSR count). The number of nitrogens with zero attached hydrogens (tertiary/aromatic N) is 1. The molecule has 0 spiro atoms. The predicted molar refractivity (Wildman–Crippen MR) is 200 cm³/mol. The molecule has 0 atom stereocenters. The zero-order chi connectivity index (χ0) is 30.6. The molecule has 0 aliphatic carbocycles. The number of fused-ring (bicyclic) bond motifs is 1. The maximum absolute atomic E-state index is 5.08. The Kier molecular flexibility index (Phi) is 4.87. The van der Waals surface area contributed by atoms with Crippen molar-refractivity contribution in [3.63, 3.8) is 0 Å². The minimum atomic E-state index is 0.884. The van der Waals surface area contributed by atoms with Crippen LogP contribution in [-0.4, -0.2) is 9.97 Å². The number of imidazole rings is 1. The quantitative estimate of drug-likeness (QED) is 0.203. The van der Waals surface area contributed by atoms with Crippen LogP contribution in [0.15, 0.2) is 152 Å². The van der Waals surface area contributed by atoms with Crippen molar-refractivity contribution in [3.05, 3.63) is 152 Å². The average Bonchev–Trinajstić information content (AvgIpc) is 3.57. The van der Waals surface area contributed by atoms with E-state index in [1.807, 2.05) is 0 Å². The molecule has 0 amide bonds. The van der Waals surface area contributed by atoms with E-state index in [0.717, 1.165) is 22.4 Å². The van der Waals surface area contributed by atoms with E-state index in [9.17, 15) is 0 Å². The molecule has 216 valence electrons. The van der Waals surface area contributed by atoms with E-state index >= 15 is 0 Å². The monoisotopic (exact) mass is 594 g/mol. The maximum atomic E-state index is 5.08. The lowest BCUT2D eigenvalue weighted by atomic mass is 9.90. The van der Waals surface area contributed by atoms with E-state index in [2.05, 4.69) is 157 Å². The molecule has 0 radical (unpaired) electrons. The molecule has 2 nitrogen and oxygen atoms in total. The van der Waals surface area contributed by atoms with Gasteiger partial charge in [0.25, 0.3) is 0 Å². The van der Waals surface area contributed by atoms with Crippen LogP contribution in [-0.2, 0) is 0 Å². The number of nitrogens with one attached hydrogen (secondary N) is 1. The summed E-state index contributed by atoms with van der Waals surface area (Å²) >= 11 is 0. The SMILES string of the molecule is c1cc2ccc3ccc(-c4ccc(-c5nc6cc(-c7ccc8ccc9cccc%10ccc7c8c9%10)ccc6[nH]5)cc4)c4ccc(c1)c2c34. The highest BCUT2D eigenvalue weighted by Crippen LogP contribution is 2.41. The molecule has 2 heteroatoms. The van der Waals surface area contributed by atoms with Gasteiger partial charge in [0.2, 0.25) is 0 Å². The van der Waals surface area contributed by atoms with Crippen molar-refractivity contribution in [2.45, 2.75) is 0 Å². The minimum Gasteiger partial charge on any atom is -0.338 e. The molecule has 0 bridgehead atoms. The van der Waals surface area contributed by atoms with Crippen molar-refractivity contribution in [1.29, 1.82) is 0 Å². The van der Waals surface area contributed by atoms with E-state index in [1.165, 1.54) is 86.9 Å². The number of H-pyrrole nitrogens is 1. The fraction of sp³-hybridized carbons (Fsp3) is 0. The molecule has 0 saturated heterocycles. The Morgan fingerprint density at radius 3 is 1.38 bits per heavy atom. The summed E-state index contributed by atoms with van der Waals surface area (Å²) in [4.78, 5) is 8.66. The summed E-state index contributed by atoms with van der Waals surface area (Å²) in [5, 5.41) is 15.7. The van der Waals surface area contributed by atoms with E-state index in [1.54, 1.807) is 0 Å². The van der Waals surface area contributed by atoms with Crippen molar-refractivity contribution in [2.24, 2.45) is 0 Å². The predicted octanol–water partition coefficient (Wildman–Crippen LogP) is 12.4. The smallest absolute Gasteiger partial charge is 0.138 e. The van der Waals surface area contributed by atoms with Gasteiger partial charge in [0.15, 0.2) is 0 Å². The molecule has 47 heavy (non-hydrogen) atoms. The summed E-state index contributed by atoms with van der Waals surface area (Å²) in [6.07, 6.45) is 0. The van der Waals surface area contributed by atoms with Crippen molar-refractivity contribution in [3.8, 4) is 33.6 Å². The Bertz CT molecular complexity index is 2970. The normalized spacial score (nSPS) is 12.3. The second-order valence-corrected chi connectivity index (χ2v) is 12.8. The zero-order valence-electron chi connectivity index (χ0n) is 25.4. The average molecular weight is 595 g/mol. The van der Waals surface area contributed by atoms with Crippen LogP contribution in [0.25, 0.3) is 109 Å². The summed E-state index contributed by atoms with van der Waals surface area (Å²) in [5.74, 6) is 0.884. The van der Waals surface area contributed by atoms with Crippen LogP contribution in [0.4, 0.5) is 0 Å². The van der Waals surface area contributed by atoms with Crippen LogP contribution in [0.3, 0.4) is 0 Å². The Morgan fingerprint density at radius 2 is 0.809 bits per heavy atom. The van der Waals surface area contributed by atoms with Gasteiger partial charge < -0.3 is 4.98 Å². The Morgan fingerprint density at radius 1 is 0.362 bits per heavy atom. The van der Waals surface area contributed by atoms with Crippen LogP contribution in [0.1, 0.15) is 0 Å². The second kappa shape index (κ2) is 9.15. The third-order valence-corrected chi connectivity index (χ3v) is 10.3. The van der Waals surface area contributed by atoms with E-state index in [0.29, 0.717) is 0 Å². The van der Waals surface area contributed by atoms with Gasteiger partial charge in [-0.25, -0.2) is 4.98 Å². The Balaban J connectivity index is 0.990. The number of aromatic nitrogens is 2. The Hall–Kier alpha value is -6.25. The Labute approximate surface area is 270 Å². The molecule has 11 aromatic rings. The van der Waals surface area contributed by atoms with Crippen LogP contribution in [0.5, 0.6) is 0 Å². The van der Waals surface area contributed by atoms with Crippen molar-refractivity contribution < 1.29 is 0 Å². The van der Waals surface area contributed by atoms with Gasteiger partial charge in [-0.2, -0.15) is 0 Å². The lowest BCUT2D eigenvalue weighted by molar-refractivity contribution is 1.34. The van der Waals surface area contributed by atoms with Gasteiger partial charge in [-0.05, 0) is 99.0 Å². The molecule has 0 aliphatic heterocycles. The fourth-order valence-corrected chi connectivity index (χ4v) is 8.09. The first kappa shape index (κ1) is 25.0. The number of rotatable bonds is 3. The van der Waals surface area contributed by atoms with Gasteiger partial charge in [0.05, 0.1) is 11.0 Å². The van der Waals surface area contributed by atoms with E-state index in [4.69, 9.17) is 4.98 Å². The largest absolute Gasteiger partial charge is 0.338 e. The molecule has 0 fully saturated rings. The van der Waals surface area contributed by atoms with E-state index < -0.39 is 0 Å². The zero-order valence-corrected chi connectivity index (χ0v) is 25.4. The third kappa shape index (κ3) is 3.53. The lowest BCUT2D eigenvalue weighted by Crippen LogP contribution is -1.87. The highest BCUT2D eigenvalue weighted by Gasteiger charge is 2.15. The van der Waals surface area contributed by atoms with Gasteiger partial charge in [-0.1, -0.05) is 140 Å².